The lowest BCUT2D eigenvalue weighted by Crippen LogP contribution is -2.15. The molecular weight excluding hydrogens is 268 g/mol. The van der Waals surface area contributed by atoms with E-state index in [1.807, 2.05) is 32.0 Å². The van der Waals surface area contributed by atoms with Crippen LogP contribution in [0.5, 0.6) is 0 Å². The van der Waals surface area contributed by atoms with E-state index in [1.165, 1.54) is 18.2 Å². The van der Waals surface area contributed by atoms with Crippen LogP contribution in [0.25, 0.3) is 0 Å². The van der Waals surface area contributed by atoms with Crippen molar-refractivity contribution in [2.24, 2.45) is 0 Å². The van der Waals surface area contributed by atoms with Gasteiger partial charge in [-0.05, 0) is 23.6 Å². The van der Waals surface area contributed by atoms with Gasteiger partial charge in [-0.25, -0.2) is 0 Å². The van der Waals surface area contributed by atoms with Crippen molar-refractivity contribution in [1.29, 1.82) is 0 Å². The first-order chi connectivity index (χ1) is 10.0. The molecule has 5 nitrogen and oxygen atoms in total. The molecule has 0 saturated heterocycles. The quantitative estimate of drug-likeness (QED) is 0.682. The second-order valence-electron chi connectivity index (χ2n) is 4.97. The van der Waals surface area contributed by atoms with E-state index in [-0.39, 0.29) is 17.2 Å². The van der Waals surface area contributed by atoms with Gasteiger partial charge in [-0.2, -0.15) is 0 Å². The van der Waals surface area contributed by atoms with Crippen molar-refractivity contribution >= 4 is 17.3 Å². The number of nitro benzene ring substituents is 1. The molecule has 0 heterocycles. The molecule has 0 bridgehead atoms. The maximum atomic E-state index is 12.3. The highest BCUT2D eigenvalue weighted by Gasteiger charge is 2.20. The normalized spacial score (nSPS) is 10.4. The van der Waals surface area contributed by atoms with E-state index >= 15 is 0 Å². The molecule has 108 valence electrons. The minimum Gasteiger partial charge on any atom is -0.322 e. The number of nitrogens with zero attached hydrogens (tertiary/aromatic N) is 1. The summed E-state index contributed by atoms with van der Waals surface area (Å²) < 4.78 is 0. The van der Waals surface area contributed by atoms with Crippen LogP contribution in [0.1, 0.15) is 35.7 Å². The number of nitro groups is 1. The number of benzene rings is 2. The molecule has 5 heteroatoms. The lowest BCUT2D eigenvalue weighted by Gasteiger charge is -2.13. The number of rotatable bonds is 4. The predicted octanol–water partition coefficient (Wildman–Crippen LogP) is 3.97. The molecular formula is C16H16N2O3. The van der Waals surface area contributed by atoms with Gasteiger partial charge >= 0.3 is 0 Å². The van der Waals surface area contributed by atoms with Crippen LogP contribution in [0.2, 0.25) is 0 Å². The number of carbonyl (C=O) groups excluding carboxylic acids is 1. The minimum absolute atomic E-state index is 0.0565. The molecule has 2 rings (SSSR count). The molecule has 2 aromatic rings. The second kappa shape index (κ2) is 6.17. The van der Waals surface area contributed by atoms with Crippen LogP contribution in [0.15, 0.2) is 48.5 Å². The largest absolute Gasteiger partial charge is 0.322 e. The fraction of sp³-hybridized carbons (Fsp3) is 0.188. The van der Waals surface area contributed by atoms with E-state index in [2.05, 4.69) is 5.32 Å². The van der Waals surface area contributed by atoms with Gasteiger partial charge in [-0.3, -0.25) is 14.9 Å². The summed E-state index contributed by atoms with van der Waals surface area (Å²) >= 11 is 0. The van der Waals surface area contributed by atoms with Crippen molar-refractivity contribution in [3.63, 3.8) is 0 Å². The SMILES string of the molecule is CC(C)c1ccccc1NC(=O)c1ccccc1[N+](=O)[O-]. The smallest absolute Gasteiger partial charge is 0.282 e. The van der Waals surface area contributed by atoms with Crippen LogP contribution in [0, 0.1) is 10.1 Å². The van der Waals surface area contributed by atoms with E-state index < -0.39 is 10.8 Å². The third-order valence-corrected chi connectivity index (χ3v) is 3.18. The fourth-order valence-corrected chi connectivity index (χ4v) is 2.13. The number of carbonyl (C=O) groups is 1. The number of nitrogens with one attached hydrogen (secondary N) is 1. The van der Waals surface area contributed by atoms with E-state index in [9.17, 15) is 14.9 Å². The highest BCUT2D eigenvalue weighted by molar-refractivity contribution is 6.07. The molecule has 2 aromatic carbocycles. The number of hydrogen-bond acceptors (Lipinski definition) is 3. The number of para-hydroxylation sites is 2. The molecule has 0 saturated carbocycles. The summed E-state index contributed by atoms with van der Waals surface area (Å²) in [4.78, 5) is 22.7. The van der Waals surface area contributed by atoms with Crippen LogP contribution in [-0.4, -0.2) is 10.8 Å². The topological polar surface area (TPSA) is 72.2 Å². The Morgan fingerprint density at radius 2 is 1.71 bits per heavy atom. The molecule has 0 radical (unpaired) electrons. The highest BCUT2D eigenvalue weighted by atomic mass is 16.6. The number of amides is 1. The van der Waals surface area contributed by atoms with Gasteiger partial charge in [0.05, 0.1) is 4.92 Å². The van der Waals surface area contributed by atoms with Crippen LogP contribution in [0.3, 0.4) is 0 Å². The van der Waals surface area contributed by atoms with Crippen molar-refractivity contribution in [2.75, 3.05) is 5.32 Å². The number of hydrogen-bond donors (Lipinski definition) is 1. The van der Waals surface area contributed by atoms with Crippen LogP contribution >= 0.6 is 0 Å². The van der Waals surface area contributed by atoms with Crippen LogP contribution in [-0.2, 0) is 0 Å². The van der Waals surface area contributed by atoms with Gasteiger partial charge in [0, 0.05) is 11.8 Å². The molecule has 0 aliphatic carbocycles. The van der Waals surface area contributed by atoms with Crippen molar-refractivity contribution in [1.82, 2.24) is 0 Å². The standard InChI is InChI=1S/C16H16N2O3/c1-11(2)12-7-3-5-9-14(12)17-16(19)13-8-4-6-10-15(13)18(20)21/h3-11H,1-2H3,(H,17,19). The van der Waals surface area contributed by atoms with E-state index in [4.69, 9.17) is 0 Å². The fourth-order valence-electron chi connectivity index (χ4n) is 2.13. The molecule has 0 spiro atoms. The second-order valence-corrected chi connectivity index (χ2v) is 4.97. The Bertz CT molecular complexity index is 681. The summed E-state index contributed by atoms with van der Waals surface area (Å²) in [5.74, 6) is -0.234. The molecule has 21 heavy (non-hydrogen) atoms. The van der Waals surface area contributed by atoms with Crippen LogP contribution in [0.4, 0.5) is 11.4 Å². The van der Waals surface area contributed by atoms with Crippen molar-refractivity contribution in [2.45, 2.75) is 19.8 Å². The molecule has 0 unspecified atom stereocenters. The Morgan fingerprint density at radius 3 is 2.38 bits per heavy atom. The third kappa shape index (κ3) is 3.25. The summed E-state index contributed by atoms with van der Waals surface area (Å²) in [6.45, 7) is 4.05. The number of anilines is 1. The summed E-state index contributed by atoms with van der Waals surface area (Å²) in [5.41, 5.74) is 1.53. The summed E-state index contributed by atoms with van der Waals surface area (Å²) in [6, 6.07) is 13.4. The Hall–Kier alpha value is -2.69. The monoisotopic (exact) mass is 284 g/mol. The molecule has 0 aliphatic rings. The maximum Gasteiger partial charge on any atom is 0.282 e. The van der Waals surface area contributed by atoms with Crippen LogP contribution < -0.4 is 5.32 Å². The third-order valence-electron chi connectivity index (χ3n) is 3.18. The Morgan fingerprint density at radius 1 is 1.10 bits per heavy atom. The van der Waals surface area contributed by atoms with E-state index in [1.54, 1.807) is 12.1 Å². The first-order valence-electron chi connectivity index (χ1n) is 6.64. The average molecular weight is 284 g/mol. The average Bonchev–Trinajstić information content (AvgIpc) is 2.47. The first-order valence-corrected chi connectivity index (χ1v) is 6.64. The van der Waals surface area contributed by atoms with Crippen molar-refractivity contribution in [3.05, 3.63) is 69.8 Å². The Kier molecular flexibility index (Phi) is 4.33. The molecule has 0 aromatic heterocycles. The Balaban J connectivity index is 2.33. The van der Waals surface area contributed by atoms with Gasteiger partial charge in [0.25, 0.3) is 11.6 Å². The van der Waals surface area contributed by atoms with Gasteiger partial charge in [0.15, 0.2) is 0 Å². The summed E-state index contributed by atoms with van der Waals surface area (Å²) in [7, 11) is 0. The maximum absolute atomic E-state index is 12.3. The minimum atomic E-state index is -0.552. The zero-order valence-electron chi connectivity index (χ0n) is 11.9. The van der Waals surface area contributed by atoms with Crippen molar-refractivity contribution in [3.8, 4) is 0 Å². The molecule has 0 aliphatic heterocycles. The van der Waals surface area contributed by atoms with Gasteiger partial charge in [-0.15, -0.1) is 0 Å². The molecule has 0 atom stereocenters. The Labute approximate surface area is 122 Å². The molecule has 0 fully saturated rings. The van der Waals surface area contributed by atoms with Gasteiger partial charge in [0.2, 0.25) is 0 Å². The first kappa shape index (κ1) is 14.7. The summed E-state index contributed by atoms with van der Waals surface area (Å²) in [6.07, 6.45) is 0. The van der Waals surface area contributed by atoms with Crippen molar-refractivity contribution < 1.29 is 9.72 Å². The van der Waals surface area contributed by atoms with Gasteiger partial charge in [-0.1, -0.05) is 44.2 Å². The van der Waals surface area contributed by atoms with E-state index in [0.717, 1.165) is 5.56 Å². The zero-order chi connectivity index (χ0) is 15.4. The molecule has 1 N–H and O–H groups in total. The van der Waals surface area contributed by atoms with Gasteiger partial charge in [0.1, 0.15) is 5.56 Å². The zero-order valence-corrected chi connectivity index (χ0v) is 11.9. The lowest BCUT2D eigenvalue weighted by molar-refractivity contribution is -0.385. The highest BCUT2D eigenvalue weighted by Crippen LogP contribution is 2.25. The predicted molar refractivity (Wildman–Crippen MR) is 81.6 cm³/mol. The lowest BCUT2D eigenvalue weighted by atomic mass is 10.0. The van der Waals surface area contributed by atoms with E-state index in [0.29, 0.717) is 5.69 Å². The van der Waals surface area contributed by atoms with Gasteiger partial charge < -0.3 is 5.32 Å². The summed E-state index contributed by atoms with van der Waals surface area (Å²) in [5, 5.41) is 13.7. The molecule has 1 amide bonds.